The third kappa shape index (κ3) is 9.12. The van der Waals surface area contributed by atoms with Gasteiger partial charge in [-0.15, -0.1) is 11.3 Å². The van der Waals surface area contributed by atoms with E-state index in [2.05, 4.69) is 25.2 Å². The van der Waals surface area contributed by atoms with Crippen molar-refractivity contribution in [2.24, 2.45) is 11.7 Å². The number of nitrogens with two attached hydrogens (primary N) is 1. The van der Waals surface area contributed by atoms with Crippen LogP contribution in [-0.2, 0) is 27.2 Å². The number of nitrogens with zero attached hydrogens (tertiary/aromatic N) is 1. The number of thiophene rings is 1. The molecule has 36 heavy (non-hydrogen) atoms. The summed E-state index contributed by atoms with van der Waals surface area (Å²) in [4.78, 5) is 36.6. The number of aliphatic carboxylic acids is 1. The maximum atomic E-state index is 12.8. The predicted molar refractivity (Wildman–Crippen MR) is 133 cm³/mol. The summed E-state index contributed by atoms with van der Waals surface area (Å²) in [6.45, 7) is 4.95. The van der Waals surface area contributed by atoms with Crippen LogP contribution in [0.2, 0.25) is 0 Å². The lowest BCUT2D eigenvalue weighted by Crippen LogP contribution is -2.47. The number of nitrogens with one attached hydrogen (secondary N) is 1. The molecule has 2 amide bonds. The van der Waals surface area contributed by atoms with E-state index in [1.807, 2.05) is 46.7 Å². The summed E-state index contributed by atoms with van der Waals surface area (Å²) in [6.07, 6.45) is 0.685. The number of carbonyl (C=O) groups excluding carboxylic acids is 2. The smallest absolute Gasteiger partial charge is 0.475 e. The molecule has 0 aliphatic carbocycles. The number of carboxylic acid groups (broad SMARTS) is 1. The lowest BCUT2D eigenvalue weighted by molar-refractivity contribution is -0.192. The summed E-state index contributed by atoms with van der Waals surface area (Å²) in [5.41, 5.74) is 7.84. The van der Waals surface area contributed by atoms with E-state index in [1.54, 1.807) is 17.4 Å². The molecule has 4 N–H and O–H groups in total. The Morgan fingerprint density at radius 3 is 2.42 bits per heavy atom. The Bertz CT molecular complexity index is 1060. The molecule has 0 radical (unpaired) electrons. The molecule has 1 aromatic heterocycles. The summed E-state index contributed by atoms with van der Waals surface area (Å²) in [7, 11) is 0. The molecule has 1 aromatic carbocycles. The molecule has 0 bridgehead atoms. The number of carboxylic acids is 1. The number of para-hydroxylation sites is 1. The molecule has 11 heteroatoms. The van der Waals surface area contributed by atoms with Gasteiger partial charge in [0.15, 0.2) is 0 Å². The van der Waals surface area contributed by atoms with Gasteiger partial charge in [0, 0.05) is 35.6 Å². The number of rotatable bonds is 9. The SMILES string of the molecule is CC(C)C[C@@H](/C=C/C(=O)N1CCc2ccccc21)N[C@@H](Cc1cccs1)C(N)=O.O=C(O)C(F)(F)F. The van der Waals surface area contributed by atoms with E-state index >= 15 is 0 Å². The summed E-state index contributed by atoms with van der Waals surface area (Å²) in [5, 5.41) is 12.5. The quantitative estimate of drug-likeness (QED) is 0.430. The van der Waals surface area contributed by atoms with Gasteiger partial charge in [0.25, 0.3) is 5.91 Å². The van der Waals surface area contributed by atoms with E-state index in [9.17, 15) is 22.8 Å². The first-order chi connectivity index (χ1) is 16.9. The number of halogens is 3. The van der Waals surface area contributed by atoms with Crippen LogP contribution in [0.25, 0.3) is 0 Å². The van der Waals surface area contributed by atoms with Gasteiger partial charge in [-0.05, 0) is 41.8 Å². The monoisotopic (exact) mass is 525 g/mol. The molecule has 2 heterocycles. The molecular weight excluding hydrogens is 495 g/mol. The van der Waals surface area contributed by atoms with Crippen LogP contribution in [0.1, 0.15) is 30.7 Å². The van der Waals surface area contributed by atoms with Crippen LogP contribution in [0.3, 0.4) is 0 Å². The van der Waals surface area contributed by atoms with Gasteiger partial charge in [-0.2, -0.15) is 13.2 Å². The van der Waals surface area contributed by atoms with Crippen LogP contribution in [-0.4, -0.2) is 47.7 Å². The molecule has 0 unspecified atom stereocenters. The van der Waals surface area contributed by atoms with Gasteiger partial charge in [0.2, 0.25) is 5.91 Å². The first kappa shape index (κ1) is 29.1. The van der Waals surface area contributed by atoms with Crippen LogP contribution in [0.15, 0.2) is 53.9 Å². The Balaban J connectivity index is 0.000000572. The highest BCUT2D eigenvalue weighted by Gasteiger charge is 2.38. The number of fused-ring (bicyclic) bond motifs is 1. The standard InChI is InChI=1S/C23H29N3O2S.C2HF3O2/c1-16(2)14-18(25-20(23(24)28)15-19-7-5-13-29-19)9-10-22(27)26-12-11-17-6-3-4-8-21(17)26;3-2(4,5)1(6)7/h3-10,13,16,18,20,25H,11-12,14-15H2,1-2H3,(H2,24,28);(H,6,7)/b10-9+;/t18-,20+;/m1./s1. The number of alkyl halides is 3. The van der Waals surface area contributed by atoms with Crippen molar-refractivity contribution in [2.75, 3.05) is 11.4 Å². The normalized spacial score (nSPS) is 14.8. The highest BCUT2D eigenvalue weighted by Crippen LogP contribution is 2.27. The Morgan fingerprint density at radius 1 is 1.19 bits per heavy atom. The molecule has 1 aliphatic rings. The van der Waals surface area contributed by atoms with Crippen molar-refractivity contribution in [3.05, 3.63) is 64.4 Å². The zero-order chi connectivity index (χ0) is 26.9. The summed E-state index contributed by atoms with van der Waals surface area (Å²) < 4.78 is 31.7. The minimum atomic E-state index is -5.08. The Labute approximate surface area is 211 Å². The number of hydrogen-bond donors (Lipinski definition) is 3. The summed E-state index contributed by atoms with van der Waals surface area (Å²) in [6, 6.07) is 11.4. The molecule has 1 aliphatic heterocycles. The Hall–Kier alpha value is -3.18. The number of hydrogen-bond acceptors (Lipinski definition) is 5. The highest BCUT2D eigenvalue weighted by molar-refractivity contribution is 7.09. The van der Waals surface area contributed by atoms with Crippen molar-refractivity contribution in [1.82, 2.24) is 5.32 Å². The summed E-state index contributed by atoms with van der Waals surface area (Å²) >= 11 is 1.61. The molecule has 3 rings (SSSR count). The average Bonchev–Trinajstić information content (AvgIpc) is 3.46. The van der Waals surface area contributed by atoms with Crippen LogP contribution < -0.4 is 16.0 Å². The van der Waals surface area contributed by atoms with Crippen molar-refractivity contribution in [3.8, 4) is 0 Å². The second-order valence-electron chi connectivity index (χ2n) is 8.67. The number of carbonyl (C=O) groups is 3. The minimum absolute atomic E-state index is 0.0283. The fraction of sp³-hybridized carbons (Fsp3) is 0.400. The Kier molecular flexibility index (Phi) is 10.7. The molecule has 0 saturated heterocycles. The molecule has 0 spiro atoms. The fourth-order valence-electron chi connectivity index (χ4n) is 3.70. The molecule has 0 fully saturated rings. The van der Waals surface area contributed by atoms with Gasteiger partial charge in [0.1, 0.15) is 0 Å². The maximum absolute atomic E-state index is 12.8. The molecule has 2 atom stereocenters. The minimum Gasteiger partial charge on any atom is -0.475 e. The van der Waals surface area contributed by atoms with E-state index < -0.39 is 18.2 Å². The fourth-order valence-corrected chi connectivity index (χ4v) is 4.45. The predicted octanol–water partition coefficient (Wildman–Crippen LogP) is 3.93. The molecule has 0 saturated carbocycles. The lowest BCUT2D eigenvalue weighted by Gasteiger charge is -2.23. The first-order valence-corrected chi connectivity index (χ1v) is 12.2. The van der Waals surface area contributed by atoms with E-state index in [1.165, 1.54) is 5.56 Å². The molecule has 2 aromatic rings. The number of benzene rings is 1. The van der Waals surface area contributed by atoms with Crippen molar-refractivity contribution >= 4 is 34.8 Å². The van der Waals surface area contributed by atoms with Crippen molar-refractivity contribution in [2.45, 2.75) is 51.4 Å². The van der Waals surface area contributed by atoms with Crippen LogP contribution in [0, 0.1) is 5.92 Å². The van der Waals surface area contributed by atoms with Crippen LogP contribution in [0.4, 0.5) is 18.9 Å². The van der Waals surface area contributed by atoms with Gasteiger partial charge < -0.3 is 15.7 Å². The van der Waals surface area contributed by atoms with Gasteiger partial charge in [0.05, 0.1) is 6.04 Å². The van der Waals surface area contributed by atoms with E-state index in [0.29, 0.717) is 18.9 Å². The second kappa shape index (κ2) is 13.2. The van der Waals surface area contributed by atoms with E-state index in [0.717, 1.165) is 23.4 Å². The number of primary amides is 1. The van der Waals surface area contributed by atoms with E-state index in [-0.39, 0.29) is 17.9 Å². The Morgan fingerprint density at radius 2 is 1.86 bits per heavy atom. The topological polar surface area (TPSA) is 113 Å². The molecule has 196 valence electrons. The van der Waals surface area contributed by atoms with Gasteiger partial charge in [-0.3, -0.25) is 14.9 Å². The third-order valence-corrected chi connectivity index (χ3v) is 6.23. The summed E-state index contributed by atoms with van der Waals surface area (Å²) in [5.74, 6) is -2.75. The van der Waals surface area contributed by atoms with Crippen molar-refractivity contribution < 1.29 is 32.7 Å². The van der Waals surface area contributed by atoms with Gasteiger partial charge in [-0.25, -0.2) is 4.79 Å². The first-order valence-electron chi connectivity index (χ1n) is 11.3. The number of amides is 2. The average molecular weight is 526 g/mol. The molecular formula is C25H30F3N3O4S. The van der Waals surface area contributed by atoms with Crippen molar-refractivity contribution in [3.63, 3.8) is 0 Å². The third-order valence-electron chi connectivity index (χ3n) is 5.34. The lowest BCUT2D eigenvalue weighted by atomic mass is 10.0. The van der Waals surface area contributed by atoms with Crippen LogP contribution >= 0.6 is 11.3 Å². The second-order valence-corrected chi connectivity index (χ2v) is 9.70. The number of anilines is 1. The highest BCUT2D eigenvalue weighted by atomic mass is 32.1. The molecule has 7 nitrogen and oxygen atoms in total. The zero-order valence-electron chi connectivity index (χ0n) is 20.0. The largest absolute Gasteiger partial charge is 0.490 e. The van der Waals surface area contributed by atoms with Gasteiger partial charge in [-0.1, -0.05) is 44.2 Å². The zero-order valence-corrected chi connectivity index (χ0v) is 20.8. The van der Waals surface area contributed by atoms with Gasteiger partial charge >= 0.3 is 12.1 Å². The van der Waals surface area contributed by atoms with E-state index in [4.69, 9.17) is 15.6 Å². The van der Waals surface area contributed by atoms with Crippen LogP contribution in [0.5, 0.6) is 0 Å². The van der Waals surface area contributed by atoms with Crippen molar-refractivity contribution in [1.29, 1.82) is 0 Å². The maximum Gasteiger partial charge on any atom is 0.490 e.